The fraction of sp³-hybridized carbons (Fsp3) is 0.471. The van der Waals surface area contributed by atoms with Crippen molar-refractivity contribution in [3.05, 3.63) is 35.9 Å². The average Bonchev–Trinajstić information content (AvgIpc) is 2.45. The predicted octanol–water partition coefficient (Wildman–Crippen LogP) is 3.79. The smallest absolute Gasteiger partial charge is 0.331 e. The molecule has 20 heavy (non-hydrogen) atoms. The summed E-state index contributed by atoms with van der Waals surface area (Å²) in [7, 11) is 0. The zero-order valence-electron chi connectivity index (χ0n) is 12.0. The van der Waals surface area contributed by atoms with Crippen LogP contribution in [0.1, 0.15) is 44.6 Å². The van der Waals surface area contributed by atoms with Crippen molar-refractivity contribution in [1.29, 1.82) is 0 Å². The van der Waals surface area contributed by atoms with E-state index in [1.807, 2.05) is 24.3 Å². The summed E-state index contributed by atoms with van der Waals surface area (Å²) in [6, 6.07) is 7.43. The van der Waals surface area contributed by atoms with Crippen molar-refractivity contribution < 1.29 is 9.53 Å². The third-order valence-electron chi connectivity index (χ3n) is 3.92. The van der Waals surface area contributed by atoms with E-state index in [9.17, 15) is 4.79 Å². The lowest BCUT2D eigenvalue weighted by Crippen LogP contribution is -2.24. The molecule has 1 aromatic rings. The van der Waals surface area contributed by atoms with Crippen LogP contribution in [0.25, 0.3) is 6.08 Å². The van der Waals surface area contributed by atoms with Crippen molar-refractivity contribution in [1.82, 2.24) is 0 Å². The van der Waals surface area contributed by atoms with Crippen LogP contribution in [0.5, 0.6) is 0 Å². The molecular weight excluding hydrogens is 250 g/mol. The molecule has 0 amide bonds. The number of carbonyl (C=O) groups is 1. The van der Waals surface area contributed by atoms with Gasteiger partial charge >= 0.3 is 5.97 Å². The van der Waals surface area contributed by atoms with Gasteiger partial charge in [0.05, 0.1) is 0 Å². The fourth-order valence-electron chi connectivity index (χ4n) is 2.75. The molecule has 0 aromatic heterocycles. The number of nitrogens with two attached hydrogens (primary N) is 1. The van der Waals surface area contributed by atoms with E-state index in [0.29, 0.717) is 11.6 Å². The summed E-state index contributed by atoms with van der Waals surface area (Å²) < 4.78 is 5.52. The normalized spacial score (nSPS) is 22.9. The van der Waals surface area contributed by atoms with E-state index in [1.54, 1.807) is 6.08 Å². The van der Waals surface area contributed by atoms with Gasteiger partial charge in [-0.15, -0.1) is 0 Å². The number of benzene rings is 1. The van der Waals surface area contributed by atoms with Gasteiger partial charge in [-0.05, 0) is 49.0 Å². The molecule has 1 aromatic carbocycles. The van der Waals surface area contributed by atoms with Gasteiger partial charge in [0, 0.05) is 11.8 Å². The lowest BCUT2D eigenvalue weighted by Gasteiger charge is -2.27. The summed E-state index contributed by atoms with van der Waals surface area (Å²) in [6.07, 6.45) is 8.93. The SMILES string of the molecule is CCC1CCCC(OC(=O)/C=C/c2cccc(N)c2)C1. The fourth-order valence-corrected chi connectivity index (χ4v) is 2.75. The quantitative estimate of drug-likeness (QED) is 0.516. The van der Waals surface area contributed by atoms with E-state index >= 15 is 0 Å². The topological polar surface area (TPSA) is 52.3 Å². The van der Waals surface area contributed by atoms with E-state index in [2.05, 4.69) is 6.92 Å². The lowest BCUT2D eigenvalue weighted by atomic mass is 9.85. The molecule has 108 valence electrons. The minimum Gasteiger partial charge on any atom is -0.459 e. The Morgan fingerprint density at radius 2 is 2.30 bits per heavy atom. The summed E-state index contributed by atoms with van der Waals surface area (Å²) in [5.74, 6) is 0.452. The molecule has 2 rings (SSSR count). The minimum absolute atomic E-state index is 0.0895. The molecule has 1 saturated carbocycles. The number of carbonyl (C=O) groups excluding carboxylic acids is 1. The zero-order valence-corrected chi connectivity index (χ0v) is 12.0. The van der Waals surface area contributed by atoms with Crippen LogP contribution in [0.4, 0.5) is 5.69 Å². The second-order valence-corrected chi connectivity index (χ2v) is 5.50. The molecule has 0 bridgehead atoms. The van der Waals surface area contributed by atoms with Crippen molar-refractivity contribution in [3.63, 3.8) is 0 Å². The average molecular weight is 273 g/mol. The van der Waals surface area contributed by atoms with Crippen LogP contribution in [0, 0.1) is 5.92 Å². The van der Waals surface area contributed by atoms with Gasteiger partial charge in [0.2, 0.25) is 0 Å². The van der Waals surface area contributed by atoms with Crippen molar-refractivity contribution in [2.24, 2.45) is 5.92 Å². The third-order valence-corrected chi connectivity index (χ3v) is 3.92. The summed E-state index contributed by atoms with van der Waals surface area (Å²) >= 11 is 0. The van der Waals surface area contributed by atoms with Gasteiger partial charge in [-0.2, -0.15) is 0 Å². The van der Waals surface area contributed by atoms with Crippen LogP contribution in [0.15, 0.2) is 30.3 Å². The number of hydrogen-bond acceptors (Lipinski definition) is 3. The van der Waals surface area contributed by atoms with Gasteiger partial charge < -0.3 is 10.5 Å². The Labute approximate surface area is 120 Å². The molecule has 3 nitrogen and oxygen atoms in total. The van der Waals surface area contributed by atoms with E-state index < -0.39 is 0 Å². The molecule has 0 heterocycles. The maximum absolute atomic E-state index is 11.8. The maximum atomic E-state index is 11.8. The molecular formula is C17H23NO2. The first-order chi connectivity index (χ1) is 9.67. The molecule has 0 aliphatic heterocycles. The molecule has 0 spiro atoms. The largest absolute Gasteiger partial charge is 0.459 e. The van der Waals surface area contributed by atoms with Crippen LogP contribution < -0.4 is 5.73 Å². The Balaban J connectivity index is 1.86. The standard InChI is InChI=1S/C17H23NO2/c1-2-13-5-4-8-16(12-13)20-17(19)10-9-14-6-3-7-15(18)11-14/h3,6-7,9-11,13,16H,2,4-5,8,12,18H2,1H3/b10-9+. The van der Waals surface area contributed by atoms with Crippen LogP contribution in [-0.2, 0) is 9.53 Å². The van der Waals surface area contributed by atoms with E-state index in [4.69, 9.17) is 10.5 Å². The predicted molar refractivity (Wildman–Crippen MR) is 82.0 cm³/mol. The molecule has 1 aliphatic carbocycles. The maximum Gasteiger partial charge on any atom is 0.331 e. The van der Waals surface area contributed by atoms with Gasteiger partial charge in [-0.1, -0.05) is 31.9 Å². The van der Waals surface area contributed by atoms with Crippen LogP contribution in [0.3, 0.4) is 0 Å². The van der Waals surface area contributed by atoms with Gasteiger partial charge in [0.25, 0.3) is 0 Å². The van der Waals surface area contributed by atoms with Crippen LogP contribution >= 0.6 is 0 Å². The van der Waals surface area contributed by atoms with Crippen molar-refractivity contribution >= 4 is 17.7 Å². The molecule has 2 atom stereocenters. The van der Waals surface area contributed by atoms with Crippen LogP contribution in [0.2, 0.25) is 0 Å². The molecule has 2 N–H and O–H groups in total. The molecule has 0 saturated heterocycles. The van der Waals surface area contributed by atoms with Gasteiger partial charge in [0.15, 0.2) is 0 Å². The highest BCUT2D eigenvalue weighted by Gasteiger charge is 2.22. The van der Waals surface area contributed by atoms with Gasteiger partial charge in [0.1, 0.15) is 6.10 Å². The van der Waals surface area contributed by atoms with E-state index in [-0.39, 0.29) is 12.1 Å². The third kappa shape index (κ3) is 4.41. The molecule has 1 aliphatic rings. The second kappa shape index (κ2) is 7.13. The minimum atomic E-state index is -0.255. The van der Waals surface area contributed by atoms with Gasteiger partial charge in [-0.3, -0.25) is 0 Å². The Bertz CT molecular complexity index is 482. The van der Waals surface area contributed by atoms with Gasteiger partial charge in [-0.25, -0.2) is 4.79 Å². The number of ether oxygens (including phenoxy) is 1. The second-order valence-electron chi connectivity index (χ2n) is 5.50. The highest BCUT2D eigenvalue weighted by Crippen LogP contribution is 2.28. The number of rotatable bonds is 4. The first kappa shape index (κ1) is 14.6. The number of anilines is 1. The Morgan fingerprint density at radius 3 is 3.05 bits per heavy atom. The highest BCUT2D eigenvalue weighted by molar-refractivity contribution is 5.87. The Hall–Kier alpha value is -1.77. The molecule has 3 heteroatoms. The molecule has 2 unspecified atom stereocenters. The molecule has 1 fully saturated rings. The highest BCUT2D eigenvalue weighted by atomic mass is 16.5. The van der Waals surface area contributed by atoms with Crippen LogP contribution in [-0.4, -0.2) is 12.1 Å². The molecule has 0 radical (unpaired) electrons. The summed E-state index contributed by atoms with van der Waals surface area (Å²) in [6.45, 7) is 2.20. The summed E-state index contributed by atoms with van der Waals surface area (Å²) in [5.41, 5.74) is 7.30. The first-order valence-electron chi connectivity index (χ1n) is 7.41. The monoisotopic (exact) mass is 273 g/mol. The van der Waals surface area contributed by atoms with E-state index in [0.717, 1.165) is 24.8 Å². The zero-order chi connectivity index (χ0) is 14.4. The summed E-state index contributed by atoms with van der Waals surface area (Å²) in [5, 5.41) is 0. The van der Waals surface area contributed by atoms with Crippen molar-refractivity contribution in [2.45, 2.75) is 45.1 Å². The summed E-state index contributed by atoms with van der Waals surface area (Å²) in [4.78, 5) is 11.8. The lowest BCUT2D eigenvalue weighted by molar-refractivity contribution is -0.145. The van der Waals surface area contributed by atoms with Crippen molar-refractivity contribution in [3.8, 4) is 0 Å². The van der Waals surface area contributed by atoms with Crippen molar-refractivity contribution in [2.75, 3.05) is 5.73 Å². The number of nitrogen functional groups attached to an aromatic ring is 1. The Kier molecular flexibility index (Phi) is 5.22. The Morgan fingerprint density at radius 1 is 1.45 bits per heavy atom. The first-order valence-corrected chi connectivity index (χ1v) is 7.41. The number of esters is 1. The number of hydrogen-bond donors (Lipinski definition) is 1. The van der Waals surface area contributed by atoms with E-state index in [1.165, 1.54) is 18.9 Å².